The number of Topliss-reactive ketones (excluding diaryl/α,β-unsaturated/α-hetero) is 1. The Balaban J connectivity index is 1.88. The summed E-state index contributed by atoms with van der Waals surface area (Å²) < 4.78 is 16.2. The predicted octanol–water partition coefficient (Wildman–Crippen LogP) is 1.59. The summed E-state index contributed by atoms with van der Waals surface area (Å²) in [6.07, 6.45) is 0.775. The third-order valence-corrected chi connectivity index (χ3v) is 2.73. The molecule has 0 bridgehead atoms. The Kier molecular flexibility index (Phi) is 9.44. The van der Waals surface area contributed by atoms with Crippen LogP contribution in [0.25, 0.3) is 0 Å². The number of carbonyl (C=O) groups excluding carboxylic acids is 1. The van der Waals surface area contributed by atoms with Crippen molar-refractivity contribution in [3.05, 3.63) is 29.8 Å². The van der Waals surface area contributed by atoms with Crippen molar-refractivity contribution in [2.45, 2.75) is 13.3 Å². The summed E-state index contributed by atoms with van der Waals surface area (Å²) in [4.78, 5) is 11.1. The number of ether oxygens (including phenoxy) is 3. The highest BCUT2D eigenvalue weighted by molar-refractivity contribution is 5.81. The van der Waals surface area contributed by atoms with Gasteiger partial charge in [-0.1, -0.05) is 17.7 Å². The van der Waals surface area contributed by atoms with Gasteiger partial charge in [0.2, 0.25) is 0 Å². The number of benzene rings is 1. The fourth-order valence-corrected chi connectivity index (χ4v) is 1.65. The summed E-state index contributed by atoms with van der Waals surface area (Å²) in [6, 6.07) is 7.93. The minimum absolute atomic E-state index is 0.0601. The van der Waals surface area contributed by atoms with E-state index in [4.69, 9.17) is 14.2 Å². The van der Waals surface area contributed by atoms with Crippen LogP contribution in [0, 0.1) is 6.92 Å². The van der Waals surface area contributed by atoms with Gasteiger partial charge in [0.15, 0.2) is 5.78 Å². The Morgan fingerprint density at radius 3 is 2.48 bits per heavy atom. The van der Waals surface area contributed by atoms with Crippen LogP contribution in [0.15, 0.2) is 24.3 Å². The quantitative estimate of drug-likeness (QED) is 0.593. The molecule has 0 fully saturated rings. The molecule has 1 aromatic carbocycles. The average Bonchev–Trinajstić information content (AvgIpc) is 2.47. The molecular weight excluding hydrogens is 270 g/mol. The number of ketones is 1. The van der Waals surface area contributed by atoms with Crippen LogP contribution in [0.5, 0.6) is 5.75 Å². The van der Waals surface area contributed by atoms with Gasteiger partial charge in [0.05, 0.1) is 13.2 Å². The Labute approximate surface area is 126 Å². The molecule has 0 atom stereocenters. The van der Waals surface area contributed by atoms with Crippen LogP contribution in [0.1, 0.15) is 12.0 Å². The molecule has 0 saturated carbocycles. The Morgan fingerprint density at radius 2 is 1.76 bits per heavy atom. The van der Waals surface area contributed by atoms with E-state index in [9.17, 15) is 4.79 Å². The Bertz CT molecular complexity index is 392. The minimum atomic E-state index is 0.0601. The fourth-order valence-electron chi connectivity index (χ4n) is 1.65. The van der Waals surface area contributed by atoms with Crippen molar-refractivity contribution in [2.75, 3.05) is 46.6 Å². The van der Waals surface area contributed by atoms with Gasteiger partial charge in [0.1, 0.15) is 19.0 Å². The Morgan fingerprint density at radius 1 is 1.05 bits per heavy atom. The first kappa shape index (κ1) is 17.6. The van der Waals surface area contributed by atoms with E-state index in [0.29, 0.717) is 33.0 Å². The van der Waals surface area contributed by atoms with Crippen molar-refractivity contribution in [3.8, 4) is 5.75 Å². The van der Waals surface area contributed by atoms with Crippen LogP contribution in [0.2, 0.25) is 0 Å². The first-order chi connectivity index (χ1) is 10.2. The highest BCUT2D eigenvalue weighted by Crippen LogP contribution is 2.10. The van der Waals surface area contributed by atoms with Crippen molar-refractivity contribution < 1.29 is 19.0 Å². The zero-order chi connectivity index (χ0) is 15.3. The zero-order valence-electron chi connectivity index (χ0n) is 12.9. The van der Waals surface area contributed by atoms with Gasteiger partial charge in [0, 0.05) is 13.2 Å². The van der Waals surface area contributed by atoms with Gasteiger partial charge in [-0.3, -0.25) is 4.79 Å². The van der Waals surface area contributed by atoms with E-state index in [1.165, 1.54) is 5.56 Å². The lowest BCUT2D eigenvalue weighted by molar-refractivity contribution is -0.122. The minimum Gasteiger partial charge on any atom is -0.491 e. The average molecular weight is 295 g/mol. The van der Waals surface area contributed by atoms with E-state index in [2.05, 4.69) is 5.32 Å². The van der Waals surface area contributed by atoms with Gasteiger partial charge < -0.3 is 19.5 Å². The highest BCUT2D eigenvalue weighted by Gasteiger charge is 1.99. The molecule has 5 heteroatoms. The van der Waals surface area contributed by atoms with Gasteiger partial charge in [-0.25, -0.2) is 0 Å². The molecule has 118 valence electrons. The number of hydrogen-bond acceptors (Lipinski definition) is 5. The molecule has 0 aliphatic rings. The molecule has 5 nitrogen and oxygen atoms in total. The molecule has 0 unspecified atom stereocenters. The molecule has 0 aliphatic carbocycles. The van der Waals surface area contributed by atoms with E-state index in [1.54, 1.807) is 7.05 Å². The highest BCUT2D eigenvalue weighted by atomic mass is 16.5. The standard InChI is InChI=1S/C16H25NO4/c1-14-4-6-16(7-5-14)21-11-10-19-8-3-9-20-13-15(18)12-17-2/h4-7,17H,3,8-13H2,1-2H3. The van der Waals surface area contributed by atoms with Gasteiger partial charge in [0.25, 0.3) is 0 Å². The SMILES string of the molecule is CNCC(=O)COCCCOCCOc1ccc(C)cc1. The van der Waals surface area contributed by atoms with Gasteiger partial charge in [-0.2, -0.15) is 0 Å². The van der Waals surface area contributed by atoms with Gasteiger partial charge >= 0.3 is 0 Å². The largest absolute Gasteiger partial charge is 0.491 e. The lowest BCUT2D eigenvalue weighted by Gasteiger charge is -2.07. The van der Waals surface area contributed by atoms with Crippen molar-refractivity contribution in [1.29, 1.82) is 0 Å². The fraction of sp³-hybridized carbons (Fsp3) is 0.562. The molecule has 1 N–H and O–H groups in total. The summed E-state index contributed by atoms with van der Waals surface area (Å²) in [5.74, 6) is 0.917. The van der Waals surface area contributed by atoms with E-state index < -0.39 is 0 Å². The molecule has 0 aliphatic heterocycles. The number of aryl methyl sites for hydroxylation is 1. The number of likely N-dealkylation sites (N-methyl/N-ethyl adjacent to an activating group) is 1. The topological polar surface area (TPSA) is 56.8 Å². The van der Waals surface area contributed by atoms with Crippen LogP contribution in [0.4, 0.5) is 0 Å². The molecular formula is C16H25NO4. The van der Waals surface area contributed by atoms with Crippen molar-refractivity contribution in [3.63, 3.8) is 0 Å². The van der Waals surface area contributed by atoms with Crippen molar-refractivity contribution in [2.24, 2.45) is 0 Å². The molecule has 0 aromatic heterocycles. The number of hydrogen-bond donors (Lipinski definition) is 1. The van der Waals surface area contributed by atoms with Crippen LogP contribution in [-0.2, 0) is 14.3 Å². The molecule has 0 spiro atoms. The normalized spacial score (nSPS) is 10.6. The molecule has 0 heterocycles. The Hall–Kier alpha value is -1.43. The third kappa shape index (κ3) is 9.18. The van der Waals surface area contributed by atoms with E-state index >= 15 is 0 Å². The smallest absolute Gasteiger partial charge is 0.172 e. The first-order valence-corrected chi connectivity index (χ1v) is 7.23. The first-order valence-electron chi connectivity index (χ1n) is 7.23. The molecule has 21 heavy (non-hydrogen) atoms. The number of carbonyl (C=O) groups is 1. The van der Waals surface area contributed by atoms with E-state index in [0.717, 1.165) is 12.2 Å². The van der Waals surface area contributed by atoms with Gasteiger partial charge in [-0.15, -0.1) is 0 Å². The summed E-state index contributed by atoms with van der Waals surface area (Å²) >= 11 is 0. The zero-order valence-corrected chi connectivity index (χ0v) is 12.9. The summed E-state index contributed by atoms with van der Waals surface area (Å²) in [6.45, 7) is 4.79. The van der Waals surface area contributed by atoms with Crippen LogP contribution < -0.4 is 10.1 Å². The van der Waals surface area contributed by atoms with Gasteiger partial charge in [-0.05, 0) is 32.5 Å². The number of rotatable bonds is 12. The van der Waals surface area contributed by atoms with E-state index in [1.807, 2.05) is 31.2 Å². The summed E-state index contributed by atoms with van der Waals surface area (Å²) in [7, 11) is 1.74. The van der Waals surface area contributed by atoms with E-state index in [-0.39, 0.29) is 12.4 Å². The van der Waals surface area contributed by atoms with Crippen LogP contribution in [0.3, 0.4) is 0 Å². The molecule has 1 aromatic rings. The van der Waals surface area contributed by atoms with Crippen LogP contribution >= 0.6 is 0 Å². The number of nitrogens with one attached hydrogen (secondary N) is 1. The monoisotopic (exact) mass is 295 g/mol. The third-order valence-electron chi connectivity index (χ3n) is 2.73. The lowest BCUT2D eigenvalue weighted by Crippen LogP contribution is -2.23. The van der Waals surface area contributed by atoms with Crippen molar-refractivity contribution in [1.82, 2.24) is 5.32 Å². The molecule has 0 amide bonds. The maximum atomic E-state index is 11.1. The lowest BCUT2D eigenvalue weighted by atomic mass is 10.2. The maximum absolute atomic E-state index is 11.1. The molecule has 0 saturated heterocycles. The van der Waals surface area contributed by atoms with Crippen molar-refractivity contribution >= 4 is 5.78 Å². The molecule has 1 rings (SSSR count). The second kappa shape index (κ2) is 11.3. The predicted molar refractivity (Wildman–Crippen MR) is 81.9 cm³/mol. The second-order valence-electron chi connectivity index (χ2n) is 4.75. The summed E-state index contributed by atoms with van der Waals surface area (Å²) in [5, 5.41) is 2.79. The maximum Gasteiger partial charge on any atom is 0.172 e. The summed E-state index contributed by atoms with van der Waals surface area (Å²) in [5.41, 5.74) is 1.21. The molecule has 0 radical (unpaired) electrons. The second-order valence-corrected chi connectivity index (χ2v) is 4.75. The van der Waals surface area contributed by atoms with Crippen LogP contribution in [-0.4, -0.2) is 52.4 Å².